The van der Waals surface area contributed by atoms with E-state index in [1.54, 1.807) is 11.3 Å². The maximum atomic E-state index is 11.8. The van der Waals surface area contributed by atoms with Gasteiger partial charge < -0.3 is 5.32 Å². The van der Waals surface area contributed by atoms with Crippen molar-refractivity contribution in [3.8, 4) is 0 Å². The van der Waals surface area contributed by atoms with Gasteiger partial charge in [0, 0.05) is 22.7 Å². The van der Waals surface area contributed by atoms with Gasteiger partial charge in [0.2, 0.25) is 5.91 Å². The van der Waals surface area contributed by atoms with Crippen molar-refractivity contribution in [3.05, 3.63) is 22.4 Å². The Morgan fingerprint density at radius 2 is 2.26 bits per heavy atom. The normalized spacial score (nSPS) is 23.2. The molecule has 2 unspecified atom stereocenters. The van der Waals surface area contributed by atoms with Crippen molar-refractivity contribution in [1.29, 1.82) is 0 Å². The lowest BCUT2D eigenvalue weighted by molar-refractivity contribution is -0.121. The molecule has 1 saturated carbocycles. The fourth-order valence-electron chi connectivity index (χ4n) is 2.60. The zero-order valence-corrected chi connectivity index (χ0v) is 13.6. The van der Waals surface area contributed by atoms with Crippen LogP contribution in [0.25, 0.3) is 0 Å². The van der Waals surface area contributed by atoms with E-state index in [1.165, 1.54) is 30.6 Å². The molecule has 1 aliphatic carbocycles. The molecule has 0 aromatic carbocycles. The molecule has 19 heavy (non-hydrogen) atoms. The number of alkyl halides is 1. The van der Waals surface area contributed by atoms with Crippen molar-refractivity contribution in [2.45, 2.75) is 49.8 Å². The summed E-state index contributed by atoms with van der Waals surface area (Å²) in [5.41, 5.74) is 0. The molecule has 1 heterocycles. The highest BCUT2D eigenvalue weighted by molar-refractivity contribution is 9.09. The van der Waals surface area contributed by atoms with Crippen LogP contribution in [-0.2, 0) is 11.2 Å². The van der Waals surface area contributed by atoms with Gasteiger partial charge in [-0.2, -0.15) is 0 Å². The minimum Gasteiger partial charge on any atom is -0.356 e. The van der Waals surface area contributed by atoms with Crippen LogP contribution < -0.4 is 5.32 Å². The van der Waals surface area contributed by atoms with E-state index in [2.05, 4.69) is 38.8 Å². The van der Waals surface area contributed by atoms with E-state index in [-0.39, 0.29) is 5.91 Å². The van der Waals surface area contributed by atoms with E-state index in [4.69, 9.17) is 0 Å². The highest BCUT2D eigenvalue weighted by Crippen LogP contribution is 2.29. The van der Waals surface area contributed by atoms with Crippen LogP contribution in [0.2, 0.25) is 0 Å². The van der Waals surface area contributed by atoms with E-state index in [0.29, 0.717) is 17.2 Å². The Morgan fingerprint density at radius 3 is 3.00 bits per heavy atom. The summed E-state index contributed by atoms with van der Waals surface area (Å²) in [6.07, 6.45) is 7.74. The Bertz CT molecular complexity index is 380. The molecule has 0 aliphatic heterocycles. The number of carbonyl (C=O) groups is 1. The van der Waals surface area contributed by atoms with E-state index in [9.17, 15) is 4.79 Å². The molecule has 0 saturated heterocycles. The Labute approximate surface area is 128 Å². The standard InChI is InChI=1S/C15H22BrNOS/c16-14-8-2-1-5-12(14)11-17-15(18)9-3-6-13-7-4-10-19-13/h4,7,10,12,14H,1-3,5-6,8-9,11H2,(H,17,18). The van der Waals surface area contributed by atoms with Crippen LogP contribution in [-0.4, -0.2) is 17.3 Å². The van der Waals surface area contributed by atoms with Crippen molar-refractivity contribution in [1.82, 2.24) is 5.32 Å². The van der Waals surface area contributed by atoms with Gasteiger partial charge in [-0.15, -0.1) is 11.3 Å². The third kappa shape index (κ3) is 5.27. The molecule has 1 fully saturated rings. The Balaban J connectivity index is 1.59. The summed E-state index contributed by atoms with van der Waals surface area (Å²) in [5, 5.41) is 5.19. The van der Waals surface area contributed by atoms with E-state index in [0.717, 1.165) is 19.4 Å². The summed E-state index contributed by atoms with van der Waals surface area (Å²) in [7, 11) is 0. The number of rotatable bonds is 6. The first kappa shape index (κ1) is 15.0. The summed E-state index contributed by atoms with van der Waals surface area (Å²) in [6, 6.07) is 4.21. The molecule has 0 spiro atoms. The second kappa shape index (κ2) is 8.05. The fraction of sp³-hybridized carbons (Fsp3) is 0.667. The fourth-order valence-corrected chi connectivity index (χ4v) is 4.13. The molecule has 1 aromatic heterocycles. The number of nitrogens with one attached hydrogen (secondary N) is 1. The lowest BCUT2D eigenvalue weighted by atomic mass is 9.89. The summed E-state index contributed by atoms with van der Waals surface area (Å²) < 4.78 is 0. The van der Waals surface area contributed by atoms with Crippen molar-refractivity contribution < 1.29 is 4.79 Å². The van der Waals surface area contributed by atoms with Gasteiger partial charge in [-0.3, -0.25) is 4.79 Å². The molecule has 1 aliphatic rings. The van der Waals surface area contributed by atoms with E-state index >= 15 is 0 Å². The maximum absolute atomic E-state index is 11.8. The second-order valence-corrected chi connectivity index (χ2v) is 7.51. The van der Waals surface area contributed by atoms with Crippen LogP contribution in [0.4, 0.5) is 0 Å². The van der Waals surface area contributed by atoms with Crippen LogP contribution in [0.5, 0.6) is 0 Å². The Kier molecular flexibility index (Phi) is 6.38. The van der Waals surface area contributed by atoms with Gasteiger partial charge in [0.15, 0.2) is 0 Å². The lowest BCUT2D eigenvalue weighted by Crippen LogP contribution is -2.34. The van der Waals surface area contributed by atoms with Crippen LogP contribution >= 0.6 is 27.3 Å². The third-order valence-corrected chi connectivity index (χ3v) is 5.93. The van der Waals surface area contributed by atoms with Gasteiger partial charge in [-0.25, -0.2) is 0 Å². The van der Waals surface area contributed by atoms with Crippen molar-refractivity contribution in [2.75, 3.05) is 6.54 Å². The summed E-state index contributed by atoms with van der Waals surface area (Å²) in [4.78, 5) is 13.8. The highest BCUT2D eigenvalue weighted by Gasteiger charge is 2.22. The SMILES string of the molecule is O=C(CCCc1cccs1)NCC1CCCCC1Br. The average molecular weight is 344 g/mol. The van der Waals surface area contributed by atoms with Crippen LogP contribution in [0.1, 0.15) is 43.4 Å². The smallest absolute Gasteiger partial charge is 0.220 e. The summed E-state index contributed by atoms with van der Waals surface area (Å²) >= 11 is 5.51. The van der Waals surface area contributed by atoms with Gasteiger partial charge in [0.1, 0.15) is 0 Å². The van der Waals surface area contributed by atoms with E-state index in [1.807, 2.05) is 0 Å². The zero-order chi connectivity index (χ0) is 13.5. The zero-order valence-electron chi connectivity index (χ0n) is 11.2. The lowest BCUT2D eigenvalue weighted by Gasteiger charge is -2.27. The van der Waals surface area contributed by atoms with Gasteiger partial charge in [-0.05, 0) is 43.0 Å². The van der Waals surface area contributed by atoms with Crippen LogP contribution in [0.3, 0.4) is 0 Å². The summed E-state index contributed by atoms with van der Waals surface area (Å²) in [6.45, 7) is 0.841. The molecule has 0 bridgehead atoms. The first-order valence-corrected chi connectivity index (χ1v) is 8.98. The number of carbonyl (C=O) groups excluding carboxylic acids is 1. The predicted octanol–water partition coefficient (Wildman–Crippen LogP) is 4.14. The van der Waals surface area contributed by atoms with Crippen LogP contribution in [0.15, 0.2) is 17.5 Å². The monoisotopic (exact) mass is 343 g/mol. The Hall–Kier alpha value is -0.350. The van der Waals surface area contributed by atoms with Gasteiger partial charge in [0.05, 0.1) is 0 Å². The van der Waals surface area contributed by atoms with Crippen LogP contribution in [0, 0.1) is 5.92 Å². The molecule has 2 rings (SSSR count). The quantitative estimate of drug-likeness (QED) is 0.772. The topological polar surface area (TPSA) is 29.1 Å². The number of hydrogen-bond acceptors (Lipinski definition) is 2. The molecular formula is C15H22BrNOS. The second-order valence-electron chi connectivity index (χ2n) is 5.30. The first-order chi connectivity index (χ1) is 9.25. The van der Waals surface area contributed by atoms with Gasteiger partial charge >= 0.3 is 0 Å². The van der Waals surface area contributed by atoms with Gasteiger partial charge in [0.25, 0.3) is 0 Å². The molecule has 1 aromatic rings. The number of hydrogen-bond donors (Lipinski definition) is 1. The third-order valence-electron chi connectivity index (χ3n) is 3.78. The maximum Gasteiger partial charge on any atom is 0.220 e. The largest absolute Gasteiger partial charge is 0.356 e. The van der Waals surface area contributed by atoms with Crippen molar-refractivity contribution in [2.24, 2.45) is 5.92 Å². The number of amides is 1. The molecule has 0 radical (unpaired) electrons. The molecule has 106 valence electrons. The number of thiophene rings is 1. The predicted molar refractivity (Wildman–Crippen MR) is 84.9 cm³/mol. The molecular weight excluding hydrogens is 322 g/mol. The van der Waals surface area contributed by atoms with Gasteiger partial charge in [-0.1, -0.05) is 34.8 Å². The molecule has 1 amide bonds. The number of aryl methyl sites for hydroxylation is 1. The van der Waals surface area contributed by atoms with Crippen molar-refractivity contribution >= 4 is 33.2 Å². The number of halogens is 1. The van der Waals surface area contributed by atoms with Crippen molar-refractivity contribution in [3.63, 3.8) is 0 Å². The van der Waals surface area contributed by atoms with E-state index < -0.39 is 0 Å². The molecule has 2 nitrogen and oxygen atoms in total. The minimum absolute atomic E-state index is 0.210. The molecule has 4 heteroatoms. The Morgan fingerprint density at radius 1 is 1.42 bits per heavy atom. The molecule has 1 N–H and O–H groups in total. The average Bonchev–Trinajstić information content (AvgIpc) is 2.91. The first-order valence-electron chi connectivity index (χ1n) is 7.19. The summed E-state index contributed by atoms with van der Waals surface area (Å²) in [5.74, 6) is 0.830. The molecule has 2 atom stereocenters. The minimum atomic E-state index is 0.210. The highest BCUT2D eigenvalue weighted by atomic mass is 79.9.